The van der Waals surface area contributed by atoms with E-state index < -0.39 is 0 Å². The summed E-state index contributed by atoms with van der Waals surface area (Å²) >= 11 is 7.80. The minimum atomic E-state index is -0.249. The molecule has 0 saturated carbocycles. The number of ether oxygens (including phenoxy) is 1. The molecule has 0 N–H and O–H groups in total. The van der Waals surface area contributed by atoms with Gasteiger partial charge in [0.15, 0.2) is 0 Å². The molecule has 5 nitrogen and oxygen atoms in total. The molecule has 2 aliphatic rings. The lowest BCUT2D eigenvalue weighted by atomic mass is 9.86. The predicted octanol–water partition coefficient (Wildman–Crippen LogP) is 4.88. The number of nitriles is 1. The molecule has 0 unspecified atom stereocenters. The van der Waals surface area contributed by atoms with Gasteiger partial charge in [0.1, 0.15) is 5.75 Å². The summed E-state index contributed by atoms with van der Waals surface area (Å²) in [5.74, 6) is 1.14. The summed E-state index contributed by atoms with van der Waals surface area (Å²) in [7, 11) is 1.61. The molecular weight excluding hydrogens is 406 g/mol. The van der Waals surface area contributed by atoms with Crippen LogP contribution in [0.4, 0.5) is 5.69 Å². The van der Waals surface area contributed by atoms with Crippen molar-refractivity contribution in [1.82, 2.24) is 4.90 Å². The monoisotopic (exact) mass is 425 g/mol. The molecule has 4 rings (SSSR count). The van der Waals surface area contributed by atoms with E-state index in [9.17, 15) is 10.1 Å². The lowest BCUT2D eigenvalue weighted by Gasteiger charge is -2.42. The van der Waals surface area contributed by atoms with Gasteiger partial charge in [0.2, 0.25) is 5.91 Å². The molecule has 29 heavy (non-hydrogen) atoms. The third kappa shape index (κ3) is 3.57. The Labute approximate surface area is 179 Å². The lowest BCUT2D eigenvalue weighted by molar-refractivity contribution is -0.129. The Bertz CT molecular complexity index is 1050. The largest absolute Gasteiger partial charge is 0.497 e. The molecule has 1 fully saturated rings. The van der Waals surface area contributed by atoms with E-state index in [1.807, 2.05) is 49.4 Å². The number of methoxy groups -OCH3 is 1. The number of rotatable bonds is 3. The number of nitrogens with zero attached hydrogens (tertiary/aromatic N) is 3. The van der Waals surface area contributed by atoms with Gasteiger partial charge in [-0.15, -0.1) is 0 Å². The van der Waals surface area contributed by atoms with E-state index in [0.717, 1.165) is 27.6 Å². The predicted molar refractivity (Wildman–Crippen MR) is 116 cm³/mol. The number of anilines is 1. The van der Waals surface area contributed by atoms with Crippen molar-refractivity contribution in [2.45, 2.75) is 19.3 Å². The molecule has 2 aromatic carbocycles. The first-order valence-corrected chi connectivity index (χ1v) is 10.6. The molecule has 148 valence electrons. The van der Waals surface area contributed by atoms with Crippen molar-refractivity contribution in [2.75, 3.05) is 24.6 Å². The van der Waals surface area contributed by atoms with Gasteiger partial charge in [0, 0.05) is 23.0 Å². The lowest BCUT2D eigenvalue weighted by Crippen LogP contribution is -2.47. The van der Waals surface area contributed by atoms with Crippen LogP contribution in [0.3, 0.4) is 0 Å². The maximum absolute atomic E-state index is 13.0. The van der Waals surface area contributed by atoms with E-state index in [1.165, 1.54) is 11.8 Å². The van der Waals surface area contributed by atoms with Gasteiger partial charge in [0.05, 0.1) is 36.3 Å². The molecule has 0 spiro atoms. The summed E-state index contributed by atoms with van der Waals surface area (Å²) < 4.78 is 5.31. The summed E-state index contributed by atoms with van der Waals surface area (Å²) in [5, 5.41) is 11.4. The molecule has 2 aromatic rings. The number of benzene rings is 2. The second-order valence-electron chi connectivity index (χ2n) is 7.02. The summed E-state index contributed by atoms with van der Waals surface area (Å²) in [6.45, 7) is 2.39. The number of carbonyl (C=O) groups excluding carboxylic acids is 1. The van der Waals surface area contributed by atoms with Gasteiger partial charge < -0.3 is 9.64 Å². The standard InChI is InChI=1S/C22H20ClN3O2S/c1-14-19(23)7-4-8-20(14)25-12-26-21(27)10-17(18(11-24)22(26)29-13-25)15-5-3-6-16(9-15)28-2/h3-9,17H,10,12-13H2,1-2H3/t17-/m0/s1. The topological polar surface area (TPSA) is 56.6 Å². The highest BCUT2D eigenvalue weighted by molar-refractivity contribution is 8.03. The third-order valence-electron chi connectivity index (χ3n) is 5.37. The Morgan fingerprint density at radius 1 is 1.28 bits per heavy atom. The first-order chi connectivity index (χ1) is 14.0. The van der Waals surface area contributed by atoms with Crippen LogP contribution >= 0.6 is 23.4 Å². The van der Waals surface area contributed by atoms with E-state index in [0.29, 0.717) is 23.1 Å². The Balaban J connectivity index is 1.68. The summed E-state index contributed by atoms with van der Waals surface area (Å²) in [6.07, 6.45) is 0.266. The van der Waals surface area contributed by atoms with Crippen molar-refractivity contribution < 1.29 is 9.53 Å². The average Bonchev–Trinajstić information content (AvgIpc) is 2.75. The molecule has 1 atom stereocenters. The van der Waals surface area contributed by atoms with Gasteiger partial charge in [-0.25, -0.2) is 0 Å². The Kier molecular flexibility index (Phi) is 5.44. The van der Waals surface area contributed by atoms with Crippen LogP contribution in [-0.2, 0) is 4.79 Å². The normalized spacial score (nSPS) is 19.1. The number of halogens is 1. The van der Waals surface area contributed by atoms with Crippen LogP contribution in [0.1, 0.15) is 23.5 Å². The van der Waals surface area contributed by atoms with Crippen molar-refractivity contribution in [3.63, 3.8) is 0 Å². The van der Waals surface area contributed by atoms with Crippen molar-refractivity contribution >= 4 is 35.0 Å². The zero-order valence-electron chi connectivity index (χ0n) is 16.2. The fraction of sp³-hybridized carbons (Fsp3) is 0.273. The van der Waals surface area contributed by atoms with E-state index >= 15 is 0 Å². The van der Waals surface area contributed by atoms with Crippen molar-refractivity contribution in [2.24, 2.45) is 0 Å². The summed E-state index contributed by atoms with van der Waals surface area (Å²) in [5.41, 5.74) is 3.56. The number of hydrogen-bond acceptors (Lipinski definition) is 5. The first-order valence-electron chi connectivity index (χ1n) is 9.25. The molecular formula is C22H20ClN3O2S. The van der Waals surface area contributed by atoms with E-state index in [2.05, 4.69) is 11.0 Å². The average molecular weight is 426 g/mol. The highest BCUT2D eigenvalue weighted by Crippen LogP contribution is 2.44. The first kappa shape index (κ1) is 19.7. The molecule has 0 bridgehead atoms. The number of hydrogen-bond donors (Lipinski definition) is 0. The molecule has 1 saturated heterocycles. The van der Waals surface area contributed by atoms with Gasteiger partial charge in [-0.3, -0.25) is 9.69 Å². The maximum Gasteiger partial charge on any atom is 0.229 e. The van der Waals surface area contributed by atoms with Crippen LogP contribution in [0.15, 0.2) is 53.1 Å². The number of allylic oxidation sites excluding steroid dienone is 1. The highest BCUT2D eigenvalue weighted by Gasteiger charge is 2.38. The molecule has 2 heterocycles. The molecule has 7 heteroatoms. The minimum absolute atomic E-state index is 0.0173. The molecule has 0 radical (unpaired) electrons. The maximum atomic E-state index is 13.0. The fourth-order valence-electron chi connectivity index (χ4n) is 3.80. The summed E-state index contributed by atoms with van der Waals surface area (Å²) in [6, 6.07) is 15.8. The molecule has 2 aliphatic heterocycles. The Morgan fingerprint density at radius 2 is 2.07 bits per heavy atom. The fourth-order valence-corrected chi connectivity index (χ4v) is 5.12. The van der Waals surface area contributed by atoms with Gasteiger partial charge in [0.25, 0.3) is 0 Å². The van der Waals surface area contributed by atoms with Crippen LogP contribution in [-0.4, -0.2) is 30.5 Å². The van der Waals surface area contributed by atoms with Crippen LogP contribution in [0.2, 0.25) is 5.02 Å². The smallest absolute Gasteiger partial charge is 0.229 e. The minimum Gasteiger partial charge on any atom is -0.497 e. The number of thioether (sulfide) groups is 1. The quantitative estimate of drug-likeness (QED) is 0.701. The second-order valence-corrected chi connectivity index (χ2v) is 8.37. The second kappa shape index (κ2) is 8.02. The van der Waals surface area contributed by atoms with E-state index in [4.69, 9.17) is 16.3 Å². The van der Waals surface area contributed by atoms with Crippen LogP contribution in [0.5, 0.6) is 5.75 Å². The highest BCUT2D eigenvalue weighted by atomic mass is 35.5. The van der Waals surface area contributed by atoms with Gasteiger partial charge in [-0.05, 0) is 42.3 Å². The molecule has 1 amide bonds. The van der Waals surface area contributed by atoms with Crippen molar-refractivity contribution in [3.8, 4) is 11.8 Å². The number of carbonyl (C=O) groups is 1. The van der Waals surface area contributed by atoms with E-state index in [1.54, 1.807) is 12.0 Å². The van der Waals surface area contributed by atoms with Crippen LogP contribution < -0.4 is 9.64 Å². The van der Waals surface area contributed by atoms with Gasteiger partial charge in [-0.1, -0.05) is 41.6 Å². The van der Waals surface area contributed by atoms with Crippen molar-refractivity contribution in [3.05, 3.63) is 69.2 Å². The van der Waals surface area contributed by atoms with Crippen LogP contribution in [0.25, 0.3) is 0 Å². The zero-order chi connectivity index (χ0) is 20.5. The van der Waals surface area contributed by atoms with Crippen LogP contribution in [0, 0.1) is 18.3 Å². The third-order valence-corrected chi connectivity index (χ3v) is 6.93. The Hall–Kier alpha value is -2.62. The molecule has 0 aliphatic carbocycles. The zero-order valence-corrected chi connectivity index (χ0v) is 17.8. The van der Waals surface area contributed by atoms with Gasteiger partial charge >= 0.3 is 0 Å². The number of fused-ring (bicyclic) bond motifs is 1. The van der Waals surface area contributed by atoms with Gasteiger partial charge in [-0.2, -0.15) is 5.26 Å². The SMILES string of the molecule is COc1cccc([C@@H]2CC(=O)N3CN(c4cccc(Cl)c4C)CSC3=C2C#N)c1. The molecule has 0 aromatic heterocycles. The number of amides is 1. The van der Waals surface area contributed by atoms with Crippen molar-refractivity contribution in [1.29, 1.82) is 5.26 Å². The summed E-state index contributed by atoms with van der Waals surface area (Å²) in [4.78, 5) is 16.9. The van der Waals surface area contributed by atoms with E-state index in [-0.39, 0.29) is 18.2 Å². The Morgan fingerprint density at radius 3 is 2.83 bits per heavy atom.